The maximum absolute atomic E-state index is 11.9. The summed E-state index contributed by atoms with van der Waals surface area (Å²) in [4.78, 5) is 32.6. The van der Waals surface area contributed by atoms with Crippen LogP contribution in [0, 0.1) is 0 Å². The van der Waals surface area contributed by atoms with Crippen molar-refractivity contribution in [3.05, 3.63) is 46.6 Å². The first-order chi connectivity index (χ1) is 15.5. The Balaban J connectivity index is 1.35. The average molecular weight is 454 g/mol. The van der Waals surface area contributed by atoms with Gasteiger partial charge in [-0.25, -0.2) is 0 Å². The zero-order valence-electron chi connectivity index (χ0n) is 17.0. The molecular weight excluding hydrogens is 434 g/mol. The molecule has 3 aromatic rings. The molecule has 0 unspecified atom stereocenters. The Kier molecular flexibility index (Phi) is 5.36. The van der Waals surface area contributed by atoms with E-state index >= 15 is 0 Å². The fourth-order valence-corrected chi connectivity index (χ4v) is 3.38. The van der Waals surface area contributed by atoms with Crippen molar-refractivity contribution in [2.24, 2.45) is 0 Å². The normalized spacial score (nSPS) is 17.1. The van der Waals surface area contributed by atoms with E-state index in [0.29, 0.717) is 52.9 Å². The molecule has 2 aromatic heterocycles. The summed E-state index contributed by atoms with van der Waals surface area (Å²) in [5.74, 6) is 0.990. The van der Waals surface area contributed by atoms with Gasteiger partial charge >= 0.3 is 0 Å². The van der Waals surface area contributed by atoms with Gasteiger partial charge in [-0.3, -0.25) is 14.9 Å². The van der Waals surface area contributed by atoms with Crippen LogP contribution in [0.2, 0.25) is 5.02 Å². The Labute approximate surface area is 188 Å². The van der Waals surface area contributed by atoms with Crippen molar-refractivity contribution in [1.82, 2.24) is 24.9 Å². The largest absolute Gasteiger partial charge is 0.492 e. The molecule has 0 atom stereocenters. The van der Waals surface area contributed by atoms with E-state index in [-0.39, 0.29) is 12.3 Å². The third kappa shape index (κ3) is 4.50. The van der Waals surface area contributed by atoms with Crippen LogP contribution in [0.25, 0.3) is 11.7 Å². The number of rotatable bonds is 8. The van der Waals surface area contributed by atoms with Gasteiger partial charge in [0.2, 0.25) is 17.8 Å². The summed E-state index contributed by atoms with van der Waals surface area (Å²) in [5.41, 5.74) is 1.54. The highest BCUT2D eigenvalue weighted by Crippen LogP contribution is 2.26. The lowest BCUT2D eigenvalue weighted by Crippen LogP contribution is -2.19. The number of carbonyl (C=O) groups is 2. The molecule has 0 spiro atoms. The monoisotopic (exact) mass is 453 g/mol. The Morgan fingerprint density at radius 2 is 2.03 bits per heavy atom. The molecule has 1 saturated carbocycles. The highest BCUT2D eigenvalue weighted by molar-refractivity contribution is 6.30. The van der Waals surface area contributed by atoms with E-state index in [4.69, 9.17) is 16.3 Å². The Bertz CT molecular complexity index is 1220. The number of halogens is 1. The van der Waals surface area contributed by atoms with Gasteiger partial charge in [-0.2, -0.15) is 19.6 Å². The second-order valence-electron chi connectivity index (χ2n) is 7.58. The molecular formula is C21H20ClN7O3. The lowest BCUT2D eigenvalue weighted by atomic mass is 10.1. The number of nitrogens with zero attached hydrogens (tertiary/aromatic N) is 4. The second kappa shape index (κ2) is 8.46. The first-order valence-electron chi connectivity index (χ1n) is 10.2. The predicted octanol–water partition coefficient (Wildman–Crippen LogP) is 2.27. The number of fused-ring (bicyclic) bond motifs is 1. The van der Waals surface area contributed by atoms with E-state index < -0.39 is 5.91 Å². The Morgan fingerprint density at radius 1 is 1.22 bits per heavy atom. The number of aromatic nitrogens is 4. The zero-order valence-corrected chi connectivity index (χ0v) is 17.7. The molecule has 3 heterocycles. The molecule has 0 bridgehead atoms. The number of anilines is 2. The van der Waals surface area contributed by atoms with Crippen LogP contribution < -0.4 is 20.7 Å². The standard InChI is InChI=1S/C21H20ClN7O3/c22-14-1-5-16(6-2-14)32-8-7-23-20-27-18-13(9-12-10-17(30)26-19(12)31)11-24-29(18)21(28-20)25-15-3-4-15/h1-2,5-6,9,11,15H,3-4,7-8,10H2,(H,26,30,31)(H2,23,25,27,28)/b12-9+. The van der Waals surface area contributed by atoms with E-state index in [1.165, 1.54) is 0 Å². The molecule has 1 saturated heterocycles. The van der Waals surface area contributed by atoms with Crippen LogP contribution >= 0.6 is 11.6 Å². The van der Waals surface area contributed by atoms with Crippen molar-refractivity contribution in [2.45, 2.75) is 25.3 Å². The van der Waals surface area contributed by atoms with Crippen LogP contribution in [-0.2, 0) is 9.59 Å². The van der Waals surface area contributed by atoms with Crippen molar-refractivity contribution in [1.29, 1.82) is 0 Å². The van der Waals surface area contributed by atoms with Gasteiger partial charge in [0, 0.05) is 22.2 Å². The van der Waals surface area contributed by atoms with Crippen LogP contribution in [0.4, 0.5) is 11.9 Å². The van der Waals surface area contributed by atoms with Crippen molar-refractivity contribution in [2.75, 3.05) is 23.8 Å². The van der Waals surface area contributed by atoms with E-state index in [9.17, 15) is 9.59 Å². The summed E-state index contributed by atoms with van der Waals surface area (Å²) in [6.07, 6.45) is 5.44. The third-order valence-electron chi connectivity index (χ3n) is 5.00. The van der Waals surface area contributed by atoms with Crippen LogP contribution in [0.5, 0.6) is 5.75 Å². The number of benzene rings is 1. The molecule has 1 aliphatic carbocycles. The number of ether oxygens (including phenoxy) is 1. The van der Waals surface area contributed by atoms with Crippen LogP contribution in [0.1, 0.15) is 24.8 Å². The molecule has 2 amide bonds. The van der Waals surface area contributed by atoms with Crippen molar-refractivity contribution in [3.63, 3.8) is 0 Å². The summed E-state index contributed by atoms with van der Waals surface area (Å²) in [6.45, 7) is 0.878. The van der Waals surface area contributed by atoms with Gasteiger partial charge in [0.25, 0.3) is 5.91 Å². The van der Waals surface area contributed by atoms with Gasteiger partial charge in [0.1, 0.15) is 12.4 Å². The summed E-state index contributed by atoms with van der Waals surface area (Å²) < 4.78 is 7.30. The molecule has 2 aliphatic rings. The highest BCUT2D eigenvalue weighted by Gasteiger charge is 2.26. The first kappa shape index (κ1) is 20.3. The van der Waals surface area contributed by atoms with E-state index in [1.807, 2.05) is 0 Å². The van der Waals surface area contributed by atoms with Crippen LogP contribution in [-0.4, -0.2) is 50.6 Å². The fraction of sp³-hybridized carbons (Fsp3) is 0.286. The molecule has 1 aromatic carbocycles. The molecule has 1 aliphatic heterocycles. The molecule has 164 valence electrons. The van der Waals surface area contributed by atoms with Crippen molar-refractivity contribution >= 4 is 47.0 Å². The zero-order chi connectivity index (χ0) is 22.1. The van der Waals surface area contributed by atoms with Gasteiger partial charge < -0.3 is 15.4 Å². The van der Waals surface area contributed by atoms with E-state index in [2.05, 4.69) is 31.0 Å². The first-order valence-corrected chi connectivity index (χ1v) is 10.6. The molecule has 5 rings (SSSR count). The second-order valence-corrected chi connectivity index (χ2v) is 8.01. The minimum absolute atomic E-state index is 0.0432. The number of imide groups is 1. The van der Waals surface area contributed by atoms with Gasteiger partial charge in [0.15, 0.2) is 5.65 Å². The number of amides is 2. The number of nitrogens with one attached hydrogen (secondary N) is 3. The smallest absolute Gasteiger partial charge is 0.254 e. The molecule has 2 fully saturated rings. The highest BCUT2D eigenvalue weighted by atomic mass is 35.5. The summed E-state index contributed by atoms with van der Waals surface area (Å²) in [5, 5.41) is 13.8. The van der Waals surface area contributed by atoms with Crippen molar-refractivity contribution < 1.29 is 14.3 Å². The van der Waals surface area contributed by atoms with Gasteiger partial charge in [-0.1, -0.05) is 11.6 Å². The average Bonchev–Trinajstić information content (AvgIpc) is 3.41. The maximum Gasteiger partial charge on any atom is 0.254 e. The summed E-state index contributed by atoms with van der Waals surface area (Å²) >= 11 is 5.89. The lowest BCUT2D eigenvalue weighted by molar-refractivity contribution is -0.124. The predicted molar refractivity (Wildman–Crippen MR) is 119 cm³/mol. The number of hydrogen-bond acceptors (Lipinski definition) is 8. The minimum Gasteiger partial charge on any atom is -0.492 e. The number of hydrogen-bond donors (Lipinski definition) is 3. The molecule has 10 nitrogen and oxygen atoms in total. The minimum atomic E-state index is -0.391. The van der Waals surface area contributed by atoms with Crippen molar-refractivity contribution in [3.8, 4) is 5.75 Å². The third-order valence-corrected chi connectivity index (χ3v) is 5.25. The topological polar surface area (TPSA) is 123 Å². The fourth-order valence-electron chi connectivity index (χ4n) is 3.25. The number of carbonyl (C=O) groups excluding carboxylic acids is 2. The van der Waals surface area contributed by atoms with Gasteiger partial charge in [-0.15, -0.1) is 0 Å². The molecule has 0 radical (unpaired) electrons. The molecule has 11 heteroatoms. The molecule has 3 N–H and O–H groups in total. The SMILES string of the molecule is O=C1C/C(=C\c2cnn3c(NC4CC4)nc(NCCOc4ccc(Cl)cc4)nc23)C(=O)N1. The summed E-state index contributed by atoms with van der Waals surface area (Å²) in [6, 6.07) is 7.51. The van der Waals surface area contributed by atoms with Gasteiger partial charge in [-0.05, 0) is 43.2 Å². The van der Waals surface area contributed by atoms with Gasteiger partial charge in [0.05, 0.1) is 19.2 Å². The summed E-state index contributed by atoms with van der Waals surface area (Å²) in [7, 11) is 0. The van der Waals surface area contributed by atoms with Crippen LogP contribution in [0.15, 0.2) is 36.0 Å². The van der Waals surface area contributed by atoms with E-state index in [1.54, 1.807) is 41.1 Å². The van der Waals surface area contributed by atoms with Crippen LogP contribution in [0.3, 0.4) is 0 Å². The quantitative estimate of drug-likeness (QED) is 0.270. The maximum atomic E-state index is 11.9. The Morgan fingerprint density at radius 3 is 2.75 bits per heavy atom. The Hall–Kier alpha value is -3.66. The molecule has 32 heavy (non-hydrogen) atoms. The van der Waals surface area contributed by atoms with E-state index in [0.717, 1.165) is 18.6 Å². The lowest BCUT2D eigenvalue weighted by Gasteiger charge is -2.11.